The van der Waals surface area contributed by atoms with E-state index >= 15 is 0 Å². The van der Waals surface area contributed by atoms with Crippen molar-refractivity contribution in [3.63, 3.8) is 0 Å². The van der Waals surface area contributed by atoms with Crippen LogP contribution in [0.4, 0.5) is 5.69 Å². The average Bonchev–Trinajstić information content (AvgIpc) is 2.83. The van der Waals surface area contributed by atoms with Crippen LogP contribution in [0.15, 0.2) is 18.3 Å². The van der Waals surface area contributed by atoms with Gasteiger partial charge in [0.05, 0.1) is 25.1 Å². The lowest BCUT2D eigenvalue weighted by Crippen LogP contribution is -2.63. The summed E-state index contributed by atoms with van der Waals surface area (Å²) in [5, 5.41) is 3.59. The molecule has 1 aromatic rings. The van der Waals surface area contributed by atoms with Crippen LogP contribution in [-0.2, 0) is 4.74 Å². The lowest BCUT2D eigenvalue weighted by atomic mass is 9.57. The van der Waals surface area contributed by atoms with Gasteiger partial charge < -0.3 is 14.8 Å². The van der Waals surface area contributed by atoms with Gasteiger partial charge in [-0.1, -0.05) is 13.8 Å². The number of nitrogens with one attached hydrogen (secondary N) is 1. The summed E-state index contributed by atoms with van der Waals surface area (Å²) >= 11 is 0. The van der Waals surface area contributed by atoms with E-state index in [0.29, 0.717) is 23.9 Å². The molecule has 2 aliphatic rings. The Balaban J connectivity index is 1.72. The van der Waals surface area contributed by atoms with E-state index in [1.165, 1.54) is 0 Å². The normalized spacial score (nSPS) is 32.5. The van der Waals surface area contributed by atoms with Crippen LogP contribution < -0.4 is 10.1 Å². The van der Waals surface area contributed by atoms with Gasteiger partial charge in [0, 0.05) is 30.0 Å². The molecule has 3 rings (SSSR count). The minimum Gasteiger partial charge on any atom is -0.481 e. The second-order valence-electron chi connectivity index (χ2n) is 5.78. The fraction of sp³-hybridized carbons (Fsp3) is 0.643. The molecule has 3 atom stereocenters. The second kappa shape index (κ2) is 4.12. The minimum atomic E-state index is 0.196. The Bertz CT molecular complexity index is 430. The molecule has 1 aliphatic carbocycles. The van der Waals surface area contributed by atoms with Crippen LogP contribution in [0.2, 0.25) is 0 Å². The van der Waals surface area contributed by atoms with Crippen LogP contribution in [0.1, 0.15) is 20.3 Å². The van der Waals surface area contributed by atoms with Crippen molar-refractivity contribution in [1.82, 2.24) is 4.98 Å². The summed E-state index contributed by atoms with van der Waals surface area (Å²) in [6, 6.07) is 4.38. The molecule has 0 spiro atoms. The molecule has 1 aliphatic heterocycles. The summed E-state index contributed by atoms with van der Waals surface area (Å²) in [5.74, 6) is 1.29. The van der Waals surface area contributed by atoms with E-state index < -0.39 is 0 Å². The van der Waals surface area contributed by atoms with Crippen molar-refractivity contribution in [2.45, 2.75) is 32.4 Å². The number of anilines is 1. The minimum absolute atomic E-state index is 0.196. The predicted molar refractivity (Wildman–Crippen MR) is 69.8 cm³/mol. The fourth-order valence-corrected chi connectivity index (χ4v) is 3.38. The number of aromatic nitrogens is 1. The standard InChI is InChI=1S/C14H20N2O2/c1-14(2)12(10-6-7-18-13(10)14)16-9-4-5-11(17-3)15-8-9/h4-5,8,10,12-13,16H,6-7H2,1-3H3. The number of pyridine rings is 1. The highest BCUT2D eigenvalue weighted by Crippen LogP contribution is 2.53. The summed E-state index contributed by atoms with van der Waals surface area (Å²) in [6.45, 7) is 5.44. The van der Waals surface area contributed by atoms with Crippen molar-refractivity contribution in [3.05, 3.63) is 18.3 Å². The largest absolute Gasteiger partial charge is 0.481 e. The zero-order valence-corrected chi connectivity index (χ0v) is 11.1. The maximum Gasteiger partial charge on any atom is 0.213 e. The third-order valence-corrected chi connectivity index (χ3v) is 4.37. The second-order valence-corrected chi connectivity index (χ2v) is 5.78. The van der Waals surface area contributed by atoms with Crippen LogP contribution in [0.3, 0.4) is 0 Å². The molecule has 1 saturated carbocycles. The SMILES string of the molecule is COc1ccc(NC2C3CCOC3C2(C)C)cn1. The van der Waals surface area contributed by atoms with Crippen molar-refractivity contribution >= 4 is 5.69 Å². The molecule has 1 N–H and O–H groups in total. The number of hydrogen-bond acceptors (Lipinski definition) is 4. The summed E-state index contributed by atoms with van der Waals surface area (Å²) in [4.78, 5) is 4.23. The van der Waals surface area contributed by atoms with Gasteiger partial charge in [-0.2, -0.15) is 0 Å². The number of ether oxygens (including phenoxy) is 2. The summed E-state index contributed by atoms with van der Waals surface area (Å²) in [7, 11) is 1.63. The summed E-state index contributed by atoms with van der Waals surface area (Å²) in [5.41, 5.74) is 1.25. The number of hydrogen-bond donors (Lipinski definition) is 1. The first-order valence-electron chi connectivity index (χ1n) is 6.51. The first-order valence-corrected chi connectivity index (χ1v) is 6.51. The molecule has 3 unspecified atom stereocenters. The lowest BCUT2D eigenvalue weighted by Gasteiger charge is -2.55. The first-order chi connectivity index (χ1) is 8.63. The van der Waals surface area contributed by atoms with E-state index in [2.05, 4.69) is 24.1 Å². The van der Waals surface area contributed by atoms with Gasteiger partial charge in [0.1, 0.15) is 0 Å². The third kappa shape index (κ3) is 1.67. The molecule has 0 bridgehead atoms. The molecule has 2 fully saturated rings. The number of methoxy groups -OCH3 is 1. The van der Waals surface area contributed by atoms with Crippen LogP contribution in [-0.4, -0.2) is 30.8 Å². The molecule has 0 radical (unpaired) electrons. The summed E-state index contributed by atoms with van der Waals surface area (Å²) < 4.78 is 10.9. The molecule has 1 saturated heterocycles. The quantitative estimate of drug-likeness (QED) is 0.891. The van der Waals surface area contributed by atoms with Crippen LogP contribution in [0.5, 0.6) is 5.88 Å². The van der Waals surface area contributed by atoms with Gasteiger partial charge in [-0.3, -0.25) is 0 Å². The van der Waals surface area contributed by atoms with Crippen LogP contribution >= 0.6 is 0 Å². The van der Waals surface area contributed by atoms with Crippen molar-refractivity contribution in [1.29, 1.82) is 0 Å². The highest BCUT2D eigenvalue weighted by atomic mass is 16.5. The molecule has 0 aromatic carbocycles. The molecule has 0 amide bonds. The van der Waals surface area contributed by atoms with Gasteiger partial charge in [-0.15, -0.1) is 0 Å². The topological polar surface area (TPSA) is 43.4 Å². The Morgan fingerprint density at radius 1 is 1.44 bits per heavy atom. The summed E-state index contributed by atoms with van der Waals surface area (Å²) in [6.07, 6.45) is 3.41. The Morgan fingerprint density at radius 3 is 2.94 bits per heavy atom. The maximum atomic E-state index is 5.80. The Morgan fingerprint density at radius 2 is 2.28 bits per heavy atom. The van der Waals surface area contributed by atoms with E-state index in [-0.39, 0.29) is 5.41 Å². The van der Waals surface area contributed by atoms with E-state index in [1.54, 1.807) is 7.11 Å². The predicted octanol–water partition coefficient (Wildman–Crippen LogP) is 2.32. The molecule has 4 heteroatoms. The fourth-order valence-electron chi connectivity index (χ4n) is 3.38. The zero-order chi connectivity index (χ0) is 12.8. The maximum absolute atomic E-state index is 5.80. The number of nitrogens with zero attached hydrogens (tertiary/aromatic N) is 1. The van der Waals surface area contributed by atoms with Crippen molar-refractivity contribution < 1.29 is 9.47 Å². The van der Waals surface area contributed by atoms with Crippen molar-refractivity contribution in [3.8, 4) is 5.88 Å². The molecular weight excluding hydrogens is 228 g/mol. The molecule has 98 valence electrons. The molecular formula is C14H20N2O2. The van der Waals surface area contributed by atoms with Gasteiger partial charge >= 0.3 is 0 Å². The van der Waals surface area contributed by atoms with Crippen LogP contribution in [0.25, 0.3) is 0 Å². The Hall–Kier alpha value is -1.29. The lowest BCUT2D eigenvalue weighted by molar-refractivity contribution is -0.0923. The average molecular weight is 248 g/mol. The van der Waals surface area contributed by atoms with E-state index in [1.807, 2.05) is 18.3 Å². The number of fused-ring (bicyclic) bond motifs is 1. The van der Waals surface area contributed by atoms with Gasteiger partial charge in [0.25, 0.3) is 0 Å². The number of rotatable bonds is 3. The Labute approximate surface area is 108 Å². The molecule has 18 heavy (non-hydrogen) atoms. The smallest absolute Gasteiger partial charge is 0.213 e. The Kier molecular flexibility index (Phi) is 2.70. The van der Waals surface area contributed by atoms with Gasteiger partial charge in [-0.25, -0.2) is 4.98 Å². The zero-order valence-electron chi connectivity index (χ0n) is 11.1. The molecule has 1 aromatic heterocycles. The third-order valence-electron chi connectivity index (χ3n) is 4.37. The highest BCUT2D eigenvalue weighted by Gasteiger charge is 2.59. The monoisotopic (exact) mass is 248 g/mol. The van der Waals surface area contributed by atoms with E-state index in [9.17, 15) is 0 Å². The van der Waals surface area contributed by atoms with E-state index in [0.717, 1.165) is 18.7 Å². The van der Waals surface area contributed by atoms with Gasteiger partial charge in [0.2, 0.25) is 5.88 Å². The van der Waals surface area contributed by atoms with E-state index in [4.69, 9.17) is 9.47 Å². The van der Waals surface area contributed by atoms with Gasteiger partial charge in [0.15, 0.2) is 0 Å². The van der Waals surface area contributed by atoms with Crippen molar-refractivity contribution in [2.24, 2.45) is 11.3 Å². The molecule has 4 nitrogen and oxygen atoms in total. The van der Waals surface area contributed by atoms with Crippen LogP contribution in [0, 0.1) is 11.3 Å². The highest BCUT2D eigenvalue weighted by molar-refractivity contribution is 5.45. The van der Waals surface area contributed by atoms with Crippen molar-refractivity contribution in [2.75, 3.05) is 19.0 Å². The first kappa shape index (κ1) is 11.8. The van der Waals surface area contributed by atoms with Gasteiger partial charge in [-0.05, 0) is 12.5 Å². The molecule has 2 heterocycles.